The van der Waals surface area contributed by atoms with Crippen LogP contribution >= 0.6 is 11.6 Å². The Balaban J connectivity index is 1.70. The monoisotopic (exact) mass is 670 g/mol. The van der Waals surface area contributed by atoms with Gasteiger partial charge in [0.2, 0.25) is 0 Å². The van der Waals surface area contributed by atoms with Crippen LogP contribution in [0.4, 0.5) is 4.39 Å². The van der Waals surface area contributed by atoms with E-state index < -0.39 is 23.1 Å². The number of aryl methyl sites for hydroxylation is 1. The van der Waals surface area contributed by atoms with Crippen LogP contribution in [0.1, 0.15) is 45.7 Å². The second kappa shape index (κ2) is 13.2. The van der Waals surface area contributed by atoms with Crippen LogP contribution in [0.25, 0.3) is 44.4 Å². The number of hydrogen-bond donors (Lipinski definition) is 0. The van der Waals surface area contributed by atoms with Gasteiger partial charge in [-0.25, -0.2) is 8.60 Å². The normalized spacial score (nSPS) is 12.2. The van der Waals surface area contributed by atoms with Crippen LogP contribution in [-0.4, -0.2) is 14.1 Å². The fourth-order valence-electron chi connectivity index (χ4n) is 5.80. The number of carbonyl (C=O) groups excluding carboxylic acids is 1. The van der Waals surface area contributed by atoms with E-state index in [9.17, 15) is 28.8 Å². The minimum Gasteiger partial charge on any atom is -0.263 e. The zero-order chi connectivity index (χ0) is 34.1. The van der Waals surface area contributed by atoms with Crippen molar-refractivity contribution < 1.29 is 13.4 Å². The number of hydrogen-bond acceptors (Lipinski definition) is 5. The summed E-state index contributed by atoms with van der Waals surface area (Å²) in [6, 6.07) is 33.3. The van der Waals surface area contributed by atoms with Crippen molar-refractivity contribution in [1.29, 1.82) is 10.5 Å². The van der Waals surface area contributed by atoms with Crippen LogP contribution in [0.5, 0.6) is 0 Å². The number of nitroso groups, excluding NO2 is 1. The molecule has 5 aromatic carbocycles. The highest BCUT2D eigenvalue weighted by Gasteiger charge is 2.28. The third kappa shape index (κ3) is 5.71. The van der Waals surface area contributed by atoms with Gasteiger partial charge in [-0.15, -0.1) is 4.91 Å². The molecule has 6 aromatic rings. The van der Waals surface area contributed by atoms with E-state index in [0.717, 1.165) is 5.56 Å². The molecule has 0 aliphatic heterocycles. The minimum atomic E-state index is -1.87. The van der Waals surface area contributed by atoms with Crippen LogP contribution in [0, 0.1) is 34.5 Å². The Morgan fingerprint density at radius 3 is 2.17 bits per heavy atom. The predicted octanol–water partition coefficient (Wildman–Crippen LogP) is 9.86. The fourth-order valence-corrected chi connectivity index (χ4v) is 7.37. The molecule has 0 saturated heterocycles. The molecule has 234 valence electrons. The van der Waals surface area contributed by atoms with E-state index in [1.54, 1.807) is 58.6 Å². The number of nitriles is 2. The molecule has 0 radical (unpaired) electrons. The van der Waals surface area contributed by atoms with Gasteiger partial charge in [0.1, 0.15) is 6.17 Å². The molecule has 7 nitrogen and oxygen atoms in total. The van der Waals surface area contributed by atoms with Crippen molar-refractivity contribution in [1.82, 2.24) is 3.97 Å². The molecule has 0 saturated carbocycles. The van der Waals surface area contributed by atoms with Gasteiger partial charge in [-0.3, -0.25) is 8.77 Å². The maximum atomic E-state index is 14.7. The van der Waals surface area contributed by atoms with Crippen molar-refractivity contribution in [2.24, 2.45) is 5.18 Å². The van der Waals surface area contributed by atoms with Gasteiger partial charge in [0, 0.05) is 43.4 Å². The largest absolute Gasteiger partial charge is 0.316 e. The van der Waals surface area contributed by atoms with E-state index in [1.807, 2.05) is 43.3 Å². The Morgan fingerprint density at radius 1 is 0.875 bits per heavy atom. The van der Waals surface area contributed by atoms with Crippen molar-refractivity contribution in [2.75, 3.05) is 0 Å². The summed E-state index contributed by atoms with van der Waals surface area (Å²) >= 11 is 6.60. The summed E-state index contributed by atoms with van der Waals surface area (Å²) in [5.41, 5.74) is 5.78. The van der Waals surface area contributed by atoms with Gasteiger partial charge >= 0.3 is 5.91 Å². The van der Waals surface area contributed by atoms with Crippen molar-refractivity contribution in [3.05, 3.63) is 141 Å². The summed E-state index contributed by atoms with van der Waals surface area (Å²) < 4.78 is 30.4. The number of halogens is 2. The summed E-state index contributed by atoms with van der Waals surface area (Å²) in [5, 5.41) is 23.8. The van der Waals surface area contributed by atoms with Crippen LogP contribution in [0.2, 0.25) is 5.02 Å². The SMILES string of the molecule is Cc1ccc2c(c1)c(-c1c(C#N)cccc1C#N)c(-c1cccc(-c3ccc(C(=O)N=O)cc3Cl)c1)n2S(=O)c1ccc(C(C)F)cc1. The molecule has 0 bridgehead atoms. The molecule has 1 aromatic heterocycles. The van der Waals surface area contributed by atoms with Gasteiger partial charge in [-0.05, 0) is 79.6 Å². The number of benzene rings is 5. The van der Waals surface area contributed by atoms with Gasteiger partial charge in [0.25, 0.3) is 0 Å². The summed E-state index contributed by atoms with van der Waals surface area (Å²) in [4.78, 5) is 23.1. The lowest BCUT2D eigenvalue weighted by Crippen LogP contribution is -2.07. The number of aromatic nitrogens is 1. The predicted molar refractivity (Wildman–Crippen MR) is 185 cm³/mol. The molecule has 0 fully saturated rings. The molecule has 1 amide bonds. The molecular weight excluding hydrogens is 647 g/mol. The Morgan fingerprint density at radius 2 is 1.54 bits per heavy atom. The van der Waals surface area contributed by atoms with Crippen LogP contribution in [0.15, 0.2) is 113 Å². The maximum Gasteiger partial charge on any atom is 0.316 e. The molecule has 2 atom stereocenters. The van der Waals surface area contributed by atoms with Crippen LogP contribution in [0.3, 0.4) is 0 Å². The minimum absolute atomic E-state index is 0.0494. The van der Waals surface area contributed by atoms with E-state index in [4.69, 9.17) is 11.6 Å². The lowest BCUT2D eigenvalue weighted by atomic mass is 9.90. The van der Waals surface area contributed by atoms with Crippen LogP contribution in [-0.2, 0) is 11.0 Å². The van der Waals surface area contributed by atoms with E-state index >= 15 is 0 Å². The first-order valence-corrected chi connectivity index (χ1v) is 16.2. The summed E-state index contributed by atoms with van der Waals surface area (Å²) in [5.74, 6) is -0.942. The molecule has 10 heteroatoms. The molecule has 6 rings (SSSR count). The van der Waals surface area contributed by atoms with Gasteiger partial charge in [0.05, 0.1) is 39.4 Å². The van der Waals surface area contributed by atoms with Crippen molar-refractivity contribution >= 4 is 39.4 Å². The summed E-state index contributed by atoms with van der Waals surface area (Å²) in [6.45, 7) is 3.36. The highest BCUT2D eigenvalue weighted by Crippen LogP contribution is 2.46. The van der Waals surface area contributed by atoms with Crippen molar-refractivity contribution in [3.63, 3.8) is 0 Å². The summed E-state index contributed by atoms with van der Waals surface area (Å²) in [7, 11) is -1.87. The molecule has 0 aliphatic carbocycles. The number of nitrogens with zero attached hydrogens (tertiary/aromatic N) is 4. The van der Waals surface area contributed by atoms with Gasteiger partial charge in [-0.1, -0.05) is 65.7 Å². The number of rotatable bonds is 7. The third-order valence-corrected chi connectivity index (χ3v) is 9.79. The zero-order valence-electron chi connectivity index (χ0n) is 25.6. The van der Waals surface area contributed by atoms with Crippen molar-refractivity contribution in [3.8, 4) is 45.6 Å². The smallest absolute Gasteiger partial charge is 0.263 e. The first kappa shape index (κ1) is 32.2. The maximum absolute atomic E-state index is 14.7. The number of fused-ring (bicyclic) bond motifs is 1. The first-order chi connectivity index (χ1) is 23.2. The quantitative estimate of drug-likeness (QED) is 0.157. The Bertz CT molecular complexity index is 2360. The Kier molecular flexibility index (Phi) is 8.84. The number of alkyl halides is 1. The second-order valence-electron chi connectivity index (χ2n) is 11.1. The third-order valence-electron chi connectivity index (χ3n) is 8.09. The molecule has 0 aliphatic rings. The van der Waals surface area contributed by atoms with E-state index in [1.165, 1.54) is 19.1 Å². The van der Waals surface area contributed by atoms with Gasteiger partial charge < -0.3 is 0 Å². The molecule has 2 unspecified atom stereocenters. The lowest BCUT2D eigenvalue weighted by molar-refractivity contribution is 0.100. The second-order valence-corrected chi connectivity index (χ2v) is 12.8. The molecule has 0 N–H and O–H groups in total. The highest BCUT2D eigenvalue weighted by molar-refractivity contribution is 7.83. The standard InChI is InChI=1S/C38H24ClFN4O3S/c1-22-9-16-34-32(17-22)36(35-28(20-41)7-4-8-29(35)21-42)37(44(34)48(47)30-13-10-24(11-14-30)23(2)40)26-6-3-5-25(18-26)31-15-12-27(19-33(31)39)38(45)43-46/h3-19,23H,1-2H3. The average molecular weight is 671 g/mol. The van der Waals surface area contributed by atoms with Crippen molar-refractivity contribution in [2.45, 2.75) is 24.9 Å². The fraction of sp³-hybridized carbons (Fsp3) is 0.0789. The zero-order valence-corrected chi connectivity index (χ0v) is 27.1. The lowest BCUT2D eigenvalue weighted by Gasteiger charge is -2.15. The van der Waals surface area contributed by atoms with Gasteiger partial charge in [0.15, 0.2) is 11.0 Å². The van der Waals surface area contributed by atoms with E-state index in [-0.39, 0.29) is 21.7 Å². The Hall–Kier alpha value is -5.74. The van der Waals surface area contributed by atoms with E-state index in [0.29, 0.717) is 54.9 Å². The number of carbonyl (C=O) groups is 1. The Labute approximate surface area is 283 Å². The average Bonchev–Trinajstić information content (AvgIpc) is 3.44. The summed E-state index contributed by atoms with van der Waals surface area (Å²) in [6.07, 6.45) is -1.20. The first-order valence-electron chi connectivity index (χ1n) is 14.7. The molecule has 1 heterocycles. The molecule has 48 heavy (non-hydrogen) atoms. The topological polar surface area (TPSA) is 116 Å². The highest BCUT2D eigenvalue weighted by atomic mass is 35.5. The van der Waals surface area contributed by atoms with Crippen LogP contribution < -0.4 is 0 Å². The number of amides is 1. The van der Waals surface area contributed by atoms with Gasteiger partial charge in [-0.2, -0.15) is 10.5 Å². The molecular formula is C38H24ClFN4O3S. The molecule has 0 spiro atoms. The van der Waals surface area contributed by atoms with E-state index in [2.05, 4.69) is 17.3 Å².